The summed E-state index contributed by atoms with van der Waals surface area (Å²) in [5.74, 6) is 0.729. The third-order valence-electron chi connectivity index (χ3n) is 3.83. The van der Waals surface area contributed by atoms with Gasteiger partial charge in [-0.25, -0.2) is 14.4 Å². The second-order valence-corrected chi connectivity index (χ2v) is 6.05. The number of anilines is 1. The Hall–Kier alpha value is -3.06. The number of hydrogen-bond acceptors (Lipinski definition) is 6. The van der Waals surface area contributed by atoms with E-state index in [-0.39, 0.29) is 12.4 Å². The van der Waals surface area contributed by atoms with Crippen molar-refractivity contribution in [3.63, 3.8) is 0 Å². The molecule has 0 radical (unpaired) electrons. The molecule has 0 amide bonds. The summed E-state index contributed by atoms with van der Waals surface area (Å²) in [6, 6.07) is 5.14. The first-order valence-electron chi connectivity index (χ1n) is 7.81. The Morgan fingerprint density at radius 2 is 2.08 bits per heavy atom. The van der Waals surface area contributed by atoms with Crippen LogP contribution in [0.15, 0.2) is 47.4 Å². The minimum Gasteiger partial charge on any atom is -0.441 e. The van der Waals surface area contributed by atoms with Crippen molar-refractivity contribution < 1.29 is 8.81 Å². The molecule has 0 unspecified atom stereocenters. The summed E-state index contributed by atoms with van der Waals surface area (Å²) in [5, 5.41) is 3.54. The van der Waals surface area contributed by atoms with Gasteiger partial charge in [-0.1, -0.05) is 11.6 Å². The Balaban J connectivity index is 1.56. The maximum absolute atomic E-state index is 13.6. The molecule has 8 heteroatoms. The number of halogens is 2. The van der Waals surface area contributed by atoms with E-state index in [9.17, 15) is 4.39 Å². The van der Waals surface area contributed by atoms with Crippen LogP contribution >= 0.6 is 11.6 Å². The lowest BCUT2D eigenvalue weighted by Crippen LogP contribution is -2.04. The Bertz CT molecular complexity index is 1080. The highest BCUT2D eigenvalue weighted by Gasteiger charge is 2.11. The SMILES string of the molecule is Cc1nc2cc(Cl)c(-c3cnc(NCc4ccncc4F)cn3)cc2o1. The van der Waals surface area contributed by atoms with E-state index in [1.807, 2.05) is 0 Å². The van der Waals surface area contributed by atoms with E-state index in [1.54, 1.807) is 37.5 Å². The van der Waals surface area contributed by atoms with Gasteiger partial charge >= 0.3 is 0 Å². The van der Waals surface area contributed by atoms with Crippen molar-refractivity contribution in [2.24, 2.45) is 0 Å². The number of benzene rings is 1. The quantitative estimate of drug-likeness (QED) is 0.574. The summed E-state index contributed by atoms with van der Waals surface area (Å²) in [7, 11) is 0. The lowest BCUT2D eigenvalue weighted by Gasteiger charge is -2.07. The highest BCUT2D eigenvalue weighted by Crippen LogP contribution is 2.31. The van der Waals surface area contributed by atoms with E-state index < -0.39 is 0 Å². The minimum absolute atomic E-state index is 0.284. The Morgan fingerprint density at radius 1 is 1.19 bits per heavy atom. The molecule has 6 nitrogen and oxygen atoms in total. The van der Waals surface area contributed by atoms with Gasteiger partial charge in [-0.15, -0.1) is 0 Å². The van der Waals surface area contributed by atoms with E-state index in [1.165, 1.54) is 12.4 Å². The van der Waals surface area contributed by atoms with Crippen molar-refractivity contribution in [2.75, 3.05) is 5.32 Å². The molecule has 0 fully saturated rings. The number of rotatable bonds is 4. The van der Waals surface area contributed by atoms with Gasteiger partial charge in [0.1, 0.15) is 17.2 Å². The number of oxazole rings is 1. The van der Waals surface area contributed by atoms with Crippen molar-refractivity contribution in [3.05, 3.63) is 65.3 Å². The lowest BCUT2D eigenvalue weighted by molar-refractivity contribution is 0.561. The fourth-order valence-electron chi connectivity index (χ4n) is 2.55. The van der Waals surface area contributed by atoms with Gasteiger partial charge in [0.15, 0.2) is 11.5 Å². The van der Waals surface area contributed by atoms with E-state index in [2.05, 4.69) is 25.3 Å². The third-order valence-corrected chi connectivity index (χ3v) is 4.14. The summed E-state index contributed by atoms with van der Waals surface area (Å²) in [5.41, 5.74) is 3.14. The van der Waals surface area contributed by atoms with E-state index in [4.69, 9.17) is 16.0 Å². The molecule has 0 aliphatic rings. The molecule has 0 spiro atoms. The number of nitrogens with zero attached hydrogens (tertiary/aromatic N) is 4. The molecule has 1 N–H and O–H groups in total. The van der Waals surface area contributed by atoms with Crippen LogP contribution in [-0.4, -0.2) is 19.9 Å². The van der Waals surface area contributed by atoms with Crippen molar-refractivity contribution in [2.45, 2.75) is 13.5 Å². The number of nitrogens with one attached hydrogen (secondary N) is 1. The molecule has 0 aliphatic heterocycles. The normalized spacial score (nSPS) is 11.0. The largest absolute Gasteiger partial charge is 0.441 e. The number of aryl methyl sites for hydroxylation is 1. The van der Waals surface area contributed by atoms with Gasteiger partial charge in [-0.05, 0) is 18.2 Å². The first kappa shape index (κ1) is 16.4. The Labute approximate surface area is 153 Å². The first-order chi connectivity index (χ1) is 12.6. The summed E-state index contributed by atoms with van der Waals surface area (Å²) in [6.07, 6.45) is 5.88. The summed E-state index contributed by atoms with van der Waals surface area (Å²) in [6.45, 7) is 2.06. The van der Waals surface area contributed by atoms with Gasteiger partial charge < -0.3 is 9.73 Å². The molecule has 3 heterocycles. The summed E-state index contributed by atoms with van der Waals surface area (Å²) >= 11 is 6.33. The van der Waals surface area contributed by atoms with Crippen LogP contribution in [0.5, 0.6) is 0 Å². The maximum Gasteiger partial charge on any atom is 0.192 e. The van der Waals surface area contributed by atoms with Crippen LogP contribution in [0.2, 0.25) is 5.02 Å². The van der Waals surface area contributed by atoms with Gasteiger partial charge in [-0.3, -0.25) is 9.97 Å². The van der Waals surface area contributed by atoms with Crippen LogP contribution in [0.1, 0.15) is 11.5 Å². The smallest absolute Gasteiger partial charge is 0.192 e. The Morgan fingerprint density at radius 3 is 2.85 bits per heavy atom. The van der Waals surface area contributed by atoms with Crippen LogP contribution in [0, 0.1) is 12.7 Å². The van der Waals surface area contributed by atoms with E-state index in [0.29, 0.717) is 44.7 Å². The number of fused-ring (bicyclic) bond motifs is 1. The lowest BCUT2D eigenvalue weighted by atomic mass is 10.1. The molecule has 0 bridgehead atoms. The second kappa shape index (κ2) is 6.68. The topological polar surface area (TPSA) is 76.7 Å². The number of aromatic nitrogens is 4. The molecular weight excluding hydrogens is 357 g/mol. The van der Waals surface area contributed by atoms with Gasteiger partial charge in [-0.2, -0.15) is 0 Å². The zero-order valence-electron chi connectivity index (χ0n) is 13.7. The van der Waals surface area contributed by atoms with Crippen molar-refractivity contribution in [1.82, 2.24) is 19.9 Å². The molecule has 130 valence electrons. The molecule has 3 aromatic heterocycles. The average Bonchev–Trinajstić information content (AvgIpc) is 3.00. The highest BCUT2D eigenvalue weighted by molar-refractivity contribution is 6.34. The minimum atomic E-state index is -0.369. The van der Waals surface area contributed by atoms with Crippen LogP contribution in [0.25, 0.3) is 22.4 Å². The molecule has 26 heavy (non-hydrogen) atoms. The predicted octanol–water partition coefficient (Wildman–Crippen LogP) is 4.39. The molecule has 4 aromatic rings. The van der Waals surface area contributed by atoms with Crippen LogP contribution < -0.4 is 5.32 Å². The number of hydrogen-bond donors (Lipinski definition) is 1. The van der Waals surface area contributed by atoms with Crippen molar-refractivity contribution >= 4 is 28.5 Å². The highest BCUT2D eigenvalue weighted by atomic mass is 35.5. The van der Waals surface area contributed by atoms with Gasteiger partial charge in [0.05, 0.1) is 29.3 Å². The van der Waals surface area contributed by atoms with Crippen molar-refractivity contribution in [1.29, 1.82) is 0 Å². The maximum atomic E-state index is 13.6. The molecule has 0 atom stereocenters. The third kappa shape index (κ3) is 3.21. The van der Waals surface area contributed by atoms with Gasteiger partial charge in [0.25, 0.3) is 0 Å². The molecule has 0 aliphatic carbocycles. The van der Waals surface area contributed by atoms with Crippen LogP contribution in [-0.2, 0) is 6.54 Å². The van der Waals surface area contributed by atoms with Crippen LogP contribution in [0.3, 0.4) is 0 Å². The second-order valence-electron chi connectivity index (χ2n) is 5.64. The average molecular weight is 370 g/mol. The van der Waals surface area contributed by atoms with Crippen LogP contribution in [0.4, 0.5) is 10.2 Å². The fourth-order valence-corrected chi connectivity index (χ4v) is 2.81. The zero-order chi connectivity index (χ0) is 18.1. The van der Waals surface area contributed by atoms with Gasteiger partial charge in [0, 0.05) is 30.8 Å². The molecule has 0 saturated heterocycles. The summed E-state index contributed by atoms with van der Waals surface area (Å²) < 4.78 is 19.1. The van der Waals surface area contributed by atoms with E-state index in [0.717, 1.165) is 0 Å². The molecule has 4 rings (SSSR count). The Kier molecular flexibility index (Phi) is 4.22. The van der Waals surface area contributed by atoms with Crippen molar-refractivity contribution in [3.8, 4) is 11.3 Å². The zero-order valence-corrected chi connectivity index (χ0v) is 14.5. The fraction of sp³-hybridized carbons (Fsp3) is 0.111. The first-order valence-corrected chi connectivity index (χ1v) is 8.19. The molecular formula is C18H13ClFN5O. The standard InChI is InChI=1S/C18H13ClFN5O/c1-10-25-15-5-13(19)12(4-17(15)26-10)16-8-24-18(9-22-16)23-6-11-2-3-21-7-14(11)20/h2-5,7-9H,6H2,1H3,(H,23,24). The number of pyridine rings is 1. The molecule has 1 aromatic carbocycles. The molecule has 0 saturated carbocycles. The predicted molar refractivity (Wildman–Crippen MR) is 96.3 cm³/mol. The monoisotopic (exact) mass is 369 g/mol. The summed E-state index contributed by atoms with van der Waals surface area (Å²) in [4.78, 5) is 16.7. The van der Waals surface area contributed by atoms with E-state index >= 15 is 0 Å². The van der Waals surface area contributed by atoms with Gasteiger partial charge in [0.2, 0.25) is 0 Å².